The molecule has 0 spiro atoms. The molecule has 4 heteroatoms. The Kier molecular flexibility index (Phi) is 3.89. The second-order valence-corrected chi connectivity index (χ2v) is 6.32. The third-order valence-corrected chi connectivity index (χ3v) is 5.05. The first-order valence-electron chi connectivity index (χ1n) is 7.09. The number of rotatable bonds is 3. The maximum absolute atomic E-state index is 5.72. The van der Waals surface area contributed by atoms with Gasteiger partial charge in [0, 0.05) is 16.7 Å². The van der Waals surface area contributed by atoms with Crippen molar-refractivity contribution in [2.75, 3.05) is 25.5 Å². The van der Waals surface area contributed by atoms with Crippen LogP contribution >= 0.6 is 11.8 Å². The van der Waals surface area contributed by atoms with Crippen molar-refractivity contribution in [3.63, 3.8) is 0 Å². The maximum atomic E-state index is 5.72. The average Bonchev–Trinajstić information content (AvgIpc) is 2.44. The molecule has 0 radical (unpaired) electrons. The monoisotopic (exact) mass is 279 g/mol. The Labute approximate surface area is 119 Å². The van der Waals surface area contributed by atoms with Crippen molar-refractivity contribution >= 4 is 11.8 Å². The van der Waals surface area contributed by atoms with Gasteiger partial charge >= 0.3 is 0 Å². The molecule has 0 saturated heterocycles. The standard InChI is InChI=1S/C15H21NO2S/c1-3-4-16-15-10(2)9-19-14-8-13-12(7-11(14)15)17-5-6-18-13/h7-8,10,15-16H,3-6,9H2,1-2H3. The van der Waals surface area contributed by atoms with Gasteiger partial charge in [-0.05, 0) is 36.6 Å². The molecular weight excluding hydrogens is 258 g/mol. The highest BCUT2D eigenvalue weighted by molar-refractivity contribution is 7.99. The molecule has 0 aromatic heterocycles. The Morgan fingerprint density at radius 3 is 2.74 bits per heavy atom. The number of hydrogen-bond donors (Lipinski definition) is 1. The number of ether oxygens (including phenoxy) is 2. The van der Waals surface area contributed by atoms with Crippen LogP contribution in [0, 0.1) is 5.92 Å². The van der Waals surface area contributed by atoms with E-state index >= 15 is 0 Å². The Morgan fingerprint density at radius 1 is 1.26 bits per heavy atom. The molecule has 0 aliphatic carbocycles. The SMILES string of the molecule is CCCNC1c2cc3c(cc2SCC1C)OCCO3. The van der Waals surface area contributed by atoms with Crippen LogP contribution in [0.3, 0.4) is 0 Å². The van der Waals surface area contributed by atoms with Crippen LogP contribution in [-0.4, -0.2) is 25.5 Å². The first-order valence-corrected chi connectivity index (χ1v) is 8.08. The van der Waals surface area contributed by atoms with Gasteiger partial charge in [-0.1, -0.05) is 13.8 Å². The van der Waals surface area contributed by atoms with Gasteiger partial charge in [0.25, 0.3) is 0 Å². The van der Waals surface area contributed by atoms with Crippen molar-refractivity contribution in [1.82, 2.24) is 5.32 Å². The van der Waals surface area contributed by atoms with Crippen molar-refractivity contribution in [3.05, 3.63) is 17.7 Å². The van der Waals surface area contributed by atoms with E-state index in [1.807, 2.05) is 11.8 Å². The average molecular weight is 279 g/mol. The van der Waals surface area contributed by atoms with Crippen molar-refractivity contribution in [1.29, 1.82) is 0 Å². The van der Waals surface area contributed by atoms with E-state index in [4.69, 9.17) is 9.47 Å². The molecule has 2 aliphatic rings. The molecule has 104 valence electrons. The highest BCUT2D eigenvalue weighted by Gasteiger charge is 2.29. The van der Waals surface area contributed by atoms with E-state index < -0.39 is 0 Å². The molecule has 0 bridgehead atoms. The summed E-state index contributed by atoms with van der Waals surface area (Å²) < 4.78 is 11.4. The lowest BCUT2D eigenvalue weighted by atomic mass is 9.94. The summed E-state index contributed by atoms with van der Waals surface area (Å²) in [5, 5.41) is 3.67. The van der Waals surface area contributed by atoms with Gasteiger partial charge in [0.2, 0.25) is 0 Å². The summed E-state index contributed by atoms with van der Waals surface area (Å²) in [4.78, 5) is 1.34. The molecule has 2 atom stereocenters. The molecule has 0 amide bonds. The molecule has 0 saturated carbocycles. The van der Waals surface area contributed by atoms with E-state index in [2.05, 4.69) is 31.3 Å². The summed E-state index contributed by atoms with van der Waals surface area (Å²) in [5.41, 5.74) is 1.38. The van der Waals surface area contributed by atoms with Crippen LogP contribution in [0.25, 0.3) is 0 Å². The number of benzene rings is 1. The Morgan fingerprint density at radius 2 is 2.00 bits per heavy atom. The van der Waals surface area contributed by atoms with E-state index in [1.54, 1.807) is 0 Å². The normalized spacial score (nSPS) is 24.9. The van der Waals surface area contributed by atoms with Crippen LogP contribution in [0.2, 0.25) is 0 Å². The van der Waals surface area contributed by atoms with Crippen molar-refractivity contribution < 1.29 is 9.47 Å². The Balaban J connectivity index is 1.94. The fraction of sp³-hybridized carbons (Fsp3) is 0.600. The Hall–Kier alpha value is -0.870. The lowest BCUT2D eigenvalue weighted by molar-refractivity contribution is 0.170. The summed E-state index contributed by atoms with van der Waals surface area (Å²) >= 11 is 1.93. The largest absolute Gasteiger partial charge is 0.486 e. The summed E-state index contributed by atoms with van der Waals surface area (Å²) in [7, 11) is 0. The van der Waals surface area contributed by atoms with Gasteiger partial charge in [0.05, 0.1) is 0 Å². The minimum absolute atomic E-state index is 0.437. The third-order valence-electron chi connectivity index (χ3n) is 3.69. The zero-order valence-electron chi connectivity index (χ0n) is 11.6. The summed E-state index contributed by atoms with van der Waals surface area (Å²) in [6.45, 7) is 6.90. The minimum Gasteiger partial charge on any atom is -0.486 e. The Bertz CT molecular complexity index is 464. The number of hydrogen-bond acceptors (Lipinski definition) is 4. The molecule has 1 aromatic rings. The molecule has 2 aliphatic heterocycles. The smallest absolute Gasteiger partial charge is 0.162 e. The van der Waals surface area contributed by atoms with Gasteiger partial charge in [0.15, 0.2) is 11.5 Å². The first kappa shape index (κ1) is 13.1. The van der Waals surface area contributed by atoms with E-state index in [9.17, 15) is 0 Å². The fourth-order valence-corrected chi connectivity index (χ4v) is 3.87. The molecule has 1 aromatic carbocycles. The lowest BCUT2D eigenvalue weighted by Crippen LogP contribution is -2.31. The maximum Gasteiger partial charge on any atom is 0.162 e. The van der Waals surface area contributed by atoms with E-state index in [1.165, 1.54) is 10.5 Å². The third kappa shape index (κ3) is 2.56. The number of thioether (sulfide) groups is 1. The second kappa shape index (κ2) is 5.63. The van der Waals surface area contributed by atoms with Gasteiger partial charge in [-0.2, -0.15) is 0 Å². The highest BCUT2D eigenvalue weighted by atomic mass is 32.2. The van der Waals surface area contributed by atoms with E-state index in [-0.39, 0.29) is 0 Å². The fourth-order valence-electron chi connectivity index (χ4n) is 2.69. The second-order valence-electron chi connectivity index (χ2n) is 5.25. The summed E-state index contributed by atoms with van der Waals surface area (Å²) in [5.74, 6) is 3.62. The minimum atomic E-state index is 0.437. The summed E-state index contributed by atoms with van der Waals surface area (Å²) in [6.07, 6.45) is 1.16. The van der Waals surface area contributed by atoms with Crippen LogP contribution < -0.4 is 14.8 Å². The number of fused-ring (bicyclic) bond motifs is 2. The highest BCUT2D eigenvalue weighted by Crippen LogP contribution is 2.45. The zero-order valence-corrected chi connectivity index (χ0v) is 12.4. The van der Waals surface area contributed by atoms with Gasteiger partial charge < -0.3 is 14.8 Å². The predicted molar refractivity (Wildman–Crippen MR) is 78.4 cm³/mol. The van der Waals surface area contributed by atoms with Crippen LogP contribution in [0.4, 0.5) is 0 Å². The van der Waals surface area contributed by atoms with Gasteiger partial charge in [-0.25, -0.2) is 0 Å². The molecule has 0 fully saturated rings. The van der Waals surface area contributed by atoms with Gasteiger partial charge in [0.1, 0.15) is 13.2 Å². The number of nitrogens with one attached hydrogen (secondary N) is 1. The molecule has 1 N–H and O–H groups in total. The topological polar surface area (TPSA) is 30.5 Å². The van der Waals surface area contributed by atoms with E-state index in [0.717, 1.165) is 30.2 Å². The van der Waals surface area contributed by atoms with Crippen molar-refractivity contribution in [2.45, 2.75) is 31.2 Å². The van der Waals surface area contributed by atoms with Gasteiger partial charge in [-0.3, -0.25) is 0 Å². The van der Waals surface area contributed by atoms with Crippen molar-refractivity contribution in [3.8, 4) is 11.5 Å². The summed E-state index contributed by atoms with van der Waals surface area (Å²) in [6, 6.07) is 4.77. The molecule has 3 rings (SSSR count). The molecule has 2 unspecified atom stereocenters. The van der Waals surface area contributed by atoms with Crippen LogP contribution in [0.1, 0.15) is 31.9 Å². The van der Waals surface area contributed by atoms with Crippen LogP contribution in [0.5, 0.6) is 11.5 Å². The zero-order chi connectivity index (χ0) is 13.2. The predicted octanol–water partition coefficient (Wildman–Crippen LogP) is 3.24. The van der Waals surface area contributed by atoms with E-state index in [0.29, 0.717) is 25.2 Å². The lowest BCUT2D eigenvalue weighted by Gasteiger charge is -2.33. The van der Waals surface area contributed by atoms with Crippen molar-refractivity contribution in [2.24, 2.45) is 5.92 Å². The van der Waals surface area contributed by atoms with Gasteiger partial charge in [-0.15, -0.1) is 11.8 Å². The molecule has 3 nitrogen and oxygen atoms in total. The molecular formula is C15H21NO2S. The quantitative estimate of drug-likeness (QED) is 0.920. The van der Waals surface area contributed by atoms with Crippen LogP contribution in [0.15, 0.2) is 17.0 Å². The molecule has 2 heterocycles. The van der Waals surface area contributed by atoms with Crippen LogP contribution in [-0.2, 0) is 0 Å². The first-order chi connectivity index (χ1) is 9.29. The molecule has 19 heavy (non-hydrogen) atoms.